The van der Waals surface area contributed by atoms with Crippen molar-refractivity contribution in [2.45, 2.75) is 39.7 Å². The zero-order valence-electron chi connectivity index (χ0n) is 23.0. The van der Waals surface area contributed by atoms with Gasteiger partial charge in [-0.1, -0.05) is 31.6 Å². The molecule has 39 heavy (non-hydrogen) atoms. The summed E-state index contributed by atoms with van der Waals surface area (Å²) >= 11 is 0. The van der Waals surface area contributed by atoms with Crippen LogP contribution in [0.5, 0.6) is 0 Å². The van der Waals surface area contributed by atoms with Crippen molar-refractivity contribution in [2.24, 2.45) is 0 Å². The average molecular weight is 527 g/mol. The number of aromatic nitrogens is 4. The van der Waals surface area contributed by atoms with E-state index in [1.807, 2.05) is 48.7 Å². The summed E-state index contributed by atoms with van der Waals surface area (Å²) in [5.74, 6) is 0.868. The maximum absolute atomic E-state index is 12.9. The number of aryl methyl sites for hydroxylation is 2. The summed E-state index contributed by atoms with van der Waals surface area (Å²) < 4.78 is 6.97. The van der Waals surface area contributed by atoms with E-state index in [-0.39, 0.29) is 17.9 Å². The summed E-state index contributed by atoms with van der Waals surface area (Å²) in [7, 11) is 3.33. The second-order valence-electron chi connectivity index (χ2n) is 9.36. The summed E-state index contributed by atoms with van der Waals surface area (Å²) in [6, 6.07) is 10.9. The molecule has 202 valence electrons. The predicted octanol–water partition coefficient (Wildman–Crippen LogP) is 5.03. The molecule has 0 aliphatic rings. The van der Waals surface area contributed by atoms with Gasteiger partial charge in [-0.05, 0) is 50.1 Å². The van der Waals surface area contributed by atoms with E-state index < -0.39 is 0 Å². The van der Waals surface area contributed by atoms with Gasteiger partial charge in [-0.15, -0.1) is 0 Å². The summed E-state index contributed by atoms with van der Waals surface area (Å²) in [4.78, 5) is 40.9. The van der Waals surface area contributed by atoms with Crippen LogP contribution in [0.2, 0.25) is 0 Å². The number of ether oxygens (including phenoxy) is 1. The molecule has 0 spiro atoms. The van der Waals surface area contributed by atoms with Gasteiger partial charge < -0.3 is 15.0 Å². The fourth-order valence-electron chi connectivity index (χ4n) is 4.40. The Balaban J connectivity index is 1.61. The Kier molecular flexibility index (Phi) is 8.83. The fourth-order valence-corrected chi connectivity index (χ4v) is 4.40. The molecule has 9 heteroatoms. The second kappa shape index (κ2) is 12.4. The minimum absolute atomic E-state index is 0.145. The van der Waals surface area contributed by atoms with Gasteiger partial charge in [0.25, 0.3) is 5.91 Å². The lowest BCUT2D eigenvalue weighted by Crippen LogP contribution is -2.29. The number of imidazole rings is 1. The minimum atomic E-state index is -0.311. The van der Waals surface area contributed by atoms with Crippen LogP contribution in [0.4, 0.5) is 5.82 Å². The third-order valence-corrected chi connectivity index (χ3v) is 6.62. The Morgan fingerprint density at radius 1 is 1.15 bits per heavy atom. The third-order valence-electron chi connectivity index (χ3n) is 6.62. The smallest absolute Gasteiger partial charge is 0.256 e. The van der Waals surface area contributed by atoms with Crippen molar-refractivity contribution in [1.82, 2.24) is 24.3 Å². The number of anilines is 1. The van der Waals surface area contributed by atoms with Crippen LogP contribution in [-0.2, 0) is 16.0 Å². The molecule has 9 nitrogen and oxygen atoms in total. The highest BCUT2D eigenvalue weighted by Gasteiger charge is 2.24. The van der Waals surface area contributed by atoms with Crippen LogP contribution >= 0.6 is 0 Å². The maximum Gasteiger partial charge on any atom is 0.256 e. The van der Waals surface area contributed by atoms with E-state index in [0.29, 0.717) is 23.8 Å². The predicted molar refractivity (Wildman–Crippen MR) is 152 cm³/mol. The van der Waals surface area contributed by atoms with E-state index in [1.54, 1.807) is 49.7 Å². The summed E-state index contributed by atoms with van der Waals surface area (Å²) in [6.07, 6.45) is 10.4. The van der Waals surface area contributed by atoms with Crippen molar-refractivity contribution < 1.29 is 14.3 Å². The van der Waals surface area contributed by atoms with Gasteiger partial charge in [-0.25, -0.2) is 9.97 Å². The molecule has 0 saturated carbocycles. The largest absolute Gasteiger partial charge is 0.381 e. The van der Waals surface area contributed by atoms with Crippen LogP contribution in [-0.4, -0.2) is 56.8 Å². The van der Waals surface area contributed by atoms with Gasteiger partial charge >= 0.3 is 0 Å². The first-order chi connectivity index (χ1) is 18.8. The fraction of sp³-hybridized carbons (Fsp3) is 0.300. The van der Waals surface area contributed by atoms with E-state index in [9.17, 15) is 9.59 Å². The Labute approximate surface area is 228 Å². The van der Waals surface area contributed by atoms with Crippen molar-refractivity contribution >= 4 is 23.1 Å². The van der Waals surface area contributed by atoms with Gasteiger partial charge in [0.1, 0.15) is 11.6 Å². The first-order valence-electron chi connectivity index (χ1n) is 13.0. The Morgan fingerprint density at radius 2 is 1.92 bits per heavy atom. The number of carbonyl (C=O) groups is 2. The Hall–Kier alpha value is -4.37. The van der Waals surface area contributed by atoms with E-state index >= 15 is 0 Å². The molecular formula is C30H34N6O3. The van der Waals surface area contributed by atoms with Crippen molar-refractivity contribution in [3.05, 3.63) is 89.8 Å². The highest BCUT2D eigenvalue weighted by atomic mass is 16.5. The topological polar surface area (TPSA) is 102 Å². The summed E-state index contributed by atoms with van der Waals surface area (Å²) in [5.41, 5.74) is 4.89. The number of methoxy groups -OCH3 is 1. The molecule has 0 unspecified atom stereocenters. The normalized spacial score (nSPS) is 12.1. The van der Waals surface area contributed by atoms with E-state index in [2.05, 4.69) is 22.2 Å². The van der Waals surface area contributed by atoms with Crippen LogP contribution in [0.15, 0.2) is 67.1 Å². The highest BCUT2D eigenvalue weighted by Crippen LogP contribution is 2.30. The van der Waals surface area contributed by atoms with Crippen molar-refractivity contribution in [3.63, 3.8) is 0 Å². The van der Waals surface area contributed by atoms with E-state index in [0.717, 1.165) is 40.9 Å². The van der Waals surface area contributed by atoms with Crippen molar-refractivity contribution in [1.29, 1.82) is 0 Å². The molecule has 3 aromatic heterocycles. The Bertz CT molecular complexity index is 1490. The molecule has 1 atom stereocenters. The molecule has 1 aromatic carbocycles. The first kappa shape index (κ1) is 27.7. The number of likely N-dealkylation sites (N-methyl/N-ethyl adjacent to an activating group) is 1. The molecule has 0 bridgehead atoms. The second-order valence-corrected chi connectivity index (χ2v) is 9.36. The number of carbonyl (C=O) groups excluding carboxylic acids is 2. The number of rotatable bonds is 10. The lowest BCUT2D eigenvalue weighted by molar-refractivity contribution is -0.126. The molecule has 4 rings (SSSR count). The van der Waals surface area contributed by atoms with Gasteiger partial charge in [0.05, 0.1) is 29.6 Å². The number of hydrogen-bond acceptors (Lipinski definition) is 6. The van der Waals surface area contributed by atoms with Gasteiger partial charge in [0, 0.05) is 50.0 Å². The van der Waals surface area contributed by atoms with Gasteiger partial charge in [0.15, 0.2) is 0 Å². The molecule has 0 saturated heterocycles. The SMILES string of the molecule is CCCc1ccnc(NC(=O)c2ccc(-c3nc([C@H](C)N(C)C(=O)C=CCOC)n4ccnc(C)c34)cc2)c1. The van der Waals surface area contributed by atoms with Crippen LogP contribution in [0, 0.1) is 6.92 Å². The monoisotopic (exact) mass is 526 g/mol. The zero-order chi connectivity index (χ0) is 27.9. The van der Waals surface area contributed by atoms with Gasteiger partial charge in [0.2, 0.25) is 5.91 Å². The van der Waals surface area contributed by atoms with Crippen molar-refractivity contribution in [2.75, 3.05) is 26.1 Å². The van der Waals surface area contributed by atoms with Gasteiger partial charge in [-0.2, -0.15) is 0 Å². The summed E-state index contributed by atoms with van der Waals surface area (Å²) in [5, 5.41) is 2.88. The molecule has 4 aromatic rings. The lowest BCUT2D eigenvalue weighted by Gasteiger charge is -2.22. The number of amides is 2. The third kappa shape index (κ3) is 6.21. The molecule has 0 radical (unpaired) electrons. The number of fused-ring (bicyclic) bond motifs is 1. The number of benzene rings is 1. The minimum Gasteiger partial charge on any atom is -0.381 e. The standard InChI is InChI=1S/C30H34N6O3/c1-6-8-22-14-15-32-25(19-22)33-30(38)24-12-10-23(11-13-24)27-28-20(2)31-16-17-36(28)29(34-27)21(3)35(4)26(37)9-7-18-39-5/h7,9-17,19,21H,6,8,18H2,1-5H3,(H,32,33,38)/t21-/m0/s1. The van der Waals surface area contributed by atoms with Crippen LogP contribution in [0.1, 0.15) is 53.7 Å². The quantitative estimate of drug-likeness (QED) is 0.291. The van der Waals surface area contributed by atoms with Crippen LogP contribution in [0.3, 0.4) is 0 Å². The first-order valence-corrected chi connectivity index (χ1v) is 13.0. The Morgan fingerprint density at radius 3 is 2.64 bits per heavy atom. The number of hydrogen-bond donors (Lipinski definition) is 1. The molecule has 0 aliphatic carbocycles. The molecular weight excluding hydrogens is 492 g/mol. The molecule has 0 aliphatic heterocycles. The lowest BCUT2D eigenvalue weighted by atomic mass is 10.1. The number of nitrogens with zero attached hydrogens (tertiary/aromatic N) is 5. The molecule has 0 fully saturated rings. The summed E-state index contributed by atoms with van der Waals surface area (Å²) in [6.45, 7) is 6.35. The number of pyridine rings is 1. The number of nitrogens with one attached hydrogen (secondary N) is 1. The van der Waals surface area contributed by atoms with Crippen molar-refractivity contribution in [3.8, 4) is 11.3 Å². The van der Waals surface area contributed by atoms with E-state index in [4.69, 9.17) is 9.72 Å². The molecule has 3 heterocycles. The van der Waals surface area contributed by atoms with E-state index in [1.165, 1.54) is 6.08 Å². The zero-order valence-corrected chi connectivity index (χ0v) is 23.0. The molecule has 1 N–H and O–H groups in total. The maximum atomic E-state index is 12.9. The highest BCUT2D eigenvalue weighted by molar-refractivity contribution is 6.04. The van der Waals surface area contributed by atoms with Gasteiger partial charge in [-0.3, -0.25) is 19.0 Å². The van der Waals surface area contributed by atoms with Crippen LogP contribution < -0.4 is 5.32 Å². The molecule has 2 amide bonds. The van der Waals surface area contributed by atoms with Crippen LogP contribution in [0.25, 0.3) is 16.8 Å². The average Bonchev–Trinajstić information content (AvgIpc) is 3.34.